The Labute approximate surface area is 309 Å². The van der Waals surface area contributed by atoms with Crippen molar-refractivity contribution in [2.75, 3.05) is 0 Å². The molecule has 0 N–H and O–H groups in total. The molecule has 8 aromatic rings. The Morgan fingerprint density at radius 1 is 0.377 bits per heavy atom. The summed E-state index contributed by atoms with van der Waals surface area (Å²) in [5.41, 5.74) is 17.0. The highest BCUT2D eigenvalue weighted by molar-refractivity contribution is 5.95. The molecule has 0 radical (unpaired) electrons. The van der Waals surface area contributed by atoms with Crippen molar-refractivity contribution in [3.8, 4) is 67.4 Å². The Hall–Kier alpha value is -6.58. The molecule has 0 saturated carbocycles. The molecular formula is C50H34N2O. The molecule has 0 bridgehead atoms. The standard InChI is InChI=1S/C50H34N2O/c1-49(2)40-20-10-8-19-37(40)39-27-45-47(28-43(39)49)53-46-23-13-12-22-42(46)50(45)41-21-11-9-18-36(41)34-16-6-7-17-35(34)38-25-24-32(26-44(38)50)33-29-51-48(52-30-33)31-14-4-3-5-15-31/h3-30H,1-2H3. The molecule has 53 heavy (non-hydrogen) atoms. The predicted octanol–water partition coefficient (Wildman–Crippen LogP) is 12.3. The normalized spacial score (nSPS) is 16.5. The highest BCUT2D eigenvalue weighted by atomic mass is 16.5. The minimum Gasteiger partial charge on any atom is -0.457 e. The highest BCUT2D eigenvalue weighted by Gasteiger charge is 2.50. The van der Waals surface area contributed by atoms with Gasteiger partial charge in [0.05, 0.1) is 5.41 Å². The minimum absolute atomic E-state index is 0.164. The van der Waals surface area contributed by atoms with Gasteiger partial charge in [0.1, 0.15) is 11.5 Å². The molecule has 2 aliphatic carbocycles. The third-order valence-corrected chi connectivity index (χ3v) is 11.9. The largest absolute Gasteiger partial charge is 0.457 e. The van der Waals surface area contributed by atoms with Gasteiger partial charge in [-0.25, -0.2) is 9.97 Å². The van der Waals surface area contributed by atoms with Crippen molar-refractivity contribution in [1.82, 2.24) is 9.97 Å². The average molecular weight is 679 g/mol. The molecular weight excluding hydrogens is 645 g/mol. The van der Waals surface area contributed by atoms with E-state index in [2.05, 4.69) is 141 Å². The van der Waals surface area contributed by atoms with Crippen LogP contribution >= 0.6 is 0 Å². The summed E-state index contributed by atoms with van der Waals surface area (Å²) in [6.45, 7) is 4.67. The van der Waals surface area contributed by atoms with Crippen LogP contribution < -0.4 is 4.74 Å². The molecule has 0 saturated heterocycles. The number of benzene rings is 7. The van der Waals surface area contributed by atoms with Crippen LogP contribution in [0.3, 0.4) is 0 Å². The topological polar surface area (TPSA) is 35.0 Å². The molecule has 0 amide bonds. The van der Waals surface area contributed by atoms with Crippen molar-refractivity contribution in [3.05, 3.63) is 203 Å². The van der Waals surface area contributed by atoms with E-state index in [0.29, 0.717) is 5.82 Å². The molecule has 1 aromatic heterocycles. The molecule has 1 spiro atoms. The molecule has 11 rings (SSSR count). The lowest BCUT2D eigenvalue weighted by Crippen LogP contribution is -2.35. The van der Waals surface area contributed by atoms with Crippen molar-refractivity contribution in [2.24, 2.45) is 0 Å². The Kier molecular flexibility index (Phi) is 6.22. The Morgan fingerprint density at radius 3 is 1.70 bits per heavy atom. The van der Waals surface area contributed by atoms with Gasteiger partial charge < -0.3 is 4.74 Å². The van der Waals surface area contributed by atoms with E-state index < -0.39 is 5.41 Å². The first-order valence-electron chi connectivity index (χ1n) is 18.3. The van der Waals surface area contributed by atoms with E-state index in [9.17, 15) is 0 Å². The van der Waals surface area contributed by atoms with Crippen molar-refractivity contribution in [1.29, 1.82) is 0 Å². The minimum atomic E-state index is -0.716. The predicted molar refractivity (Wildman–Crippen MR) is 213 cm³/mol. The summed E-state index contributed by atoms with van der Waals surface area (Å²) in [5, 5.41) is 0. The maximum absolute atomic E-state index is 7.02. The second-order valence-electron chi connectivity index (χ2n) is 14.9. The first-order chi connectivity index (χ1) is 26.0. The van der Waals surface area contributed by atoms with Crippen LogP contribution in [0.15, 0.2) is 170 Å². The molecule has 250 valence electrons. The fraction of sp³-hybridized carbons (Fsp3) is 0.0800. The molecule has 1 atom stereocenters. The fourth-order valence-electron chi connectivity index (χ4n) is 9.44. The lowest BCUT2D eigenvalue weighted by molar-refractivity contribution is 0.433. The van der Waals surface area contributed by atoms with Crippen molar-refractivity contribution >= 4 is 0 Å². The first kappa shape index (κ1) is 30.1. The van der Waals surface area contributed by atoms with Gasteiger partial charge in [-0.3, -0.25) is 0 Å². The van der Waals surface area contributed by atoms with Crippen LogP contribution in [0.1, 0.15) is 47.2 Å². The third kappa shape index (κ3) is 4.11. The fourth-order valence-corrected chi connectivity index (χ4v) is 9.44. The molecule has 0 fully saturated rings. The van der Waals surface area contributed by atoms with Crippen molar-refractivity contribution in [3.63, 3.8) is 0 Å². The number of fused-ring (bicyclic) bond motifs is 14. The summed E-state index contributed by atoms with van der Waals surface area (Å²) >= 11 is 0. The van der Waals surface area contributed by atoms with Crippen LogP contribution in [-0.4, -0.2) is 9.97 Å². The lowest BCUT2D eigenvalue weighted by atomic mass is 9.61. The summed E-state index contributed by atoms with van der Waals surface area (Å²) in [6, 6.07) is 57.3. The van der Waals surface area contributed by atoms with E-state index in [1.807, 2.05) is 42.7 Å². The van der Waals surface area contributed by atoms with Gasteiger partial charge in [0.25, 0.3) is 0 Å². The van der Waals surface area contributed by atoms with Gasteiger partial charge in [-0.15, -0.1) is 0 Å². The van der Waals surface area contributed by atoms with Gasteiger partial charge in [-0.05, 0) is 85.5 Å². The average Bonchev–Trinajstić information content (AvgIpc) is 3.37. The number of aromatic nitrogens is 2. The Morgan fingerprint density at radius 2 is 0.962 bits per heavy atom. The zero-order valence-corrected chi connectivity index (χ0v) is 29.5. The van der Waals surface area contributed by atoms with E-state index in [-0.39, 0.29) is 5.41 Å². The summed E-state index contributed by atoms with van der Waals surface area (Å²) in [7, 11) is 0. The molecule has 3 aliphatic rings. The molecule has 3 nitrogen and oxygen atoms in total. The quantitative estimate of drug-likeness (QED) is 0.183. The van der Waals surface area contributed by atoms with E-state index in [0.717, 1.165) is 39.3 Å². The van der Waals surface area contributed by atoms with Crippen LogP contribution in [0.25, 0.3) is 55.9 Å². The van der Waals surface area contributed by atoms with Gasteiger partial charge in [0.15, 0.2) is 5.82 Å². The van der Waals surface area contributed by atoms with E-state index in [1.54, 1.807) is 0 Å². The van der Waals surface area contributed by atoms with Crippen LogP contribution in [0, 0.1) is 0 Å². The van der Waals surface area contributed by atoms with Crippen LogP contribution in [0.4, 0.5) is 0 Å². The number of hydrogen-bond donors (Lipinski definition) is 0. The Bertz CT molecular complexity index is 2780. The highest BCUT2D eigenvalue weighted by Crippen LogP contribution is 2.63. The zero-order valence-electron chi connectivity index (χ0n) is 29.5. The molecule has 3 heteroatoms. The SMILES string of the molecule is CC1(C)c2ccccc2-c2cc3c(cc21)Oc1ccccc1C31c2ccccc2-c2ccccc2-c2ccc(-c3cnc(-c4ccccc4)nc3)cc21. The summed E-state index contributed by atoms with van der Waals surface area (Å²) < 4.78 is 7.02. The third-order valence-electron chi connectivity index (χ3n) is 11.9. The summed E-state index contributed by atoms with van der Waals surface area (Å²) in [5.74, 6) is 2.49. The lowest BCUT2D eigenvalue weighted by Gasteiger charge is -2.43. The van der Waals surface area contributed by atoms with E-state index >= 15 is 0 Å². The van der Waals surface area contributed by atoms with Gasteiger partial charge in [-0.2, -0.15) is 0 Å². The monoisotopic (exact) mass is 678 g/mol. The number of nitrogens with zero attached hydrogens (tertiary/aromatic N) is 2. The van der Waals surface area contributed by atoms with Crippen molar-refractivity contribution in [2.45, 2.75) is 24.7 Å². The molecule has 1 aliphatic heterocycles. The Balaban J connectivity index is 1.26. The number of rotatable bonds is 2. The summed E-state index contributed by atoms with van der Waals surface area (Å²) in [4.78, 5) is 9.69. The van der Waals surface area contributed by atoms with Crippen LogP contribution in [-0.2, 0) is 10.8 Å². The van der Waals surface area contributed by atoms with Gasteiger partial charge in [-0.1, -0.05) is 147 Å². The number of para-hydroxylation sites is 1. The molecule has 1 unspecified atom stereocenters. The second kappa shape index (κ2) is 11.0. The van der Waals surface area contributed by atoms with Gasteiger partial charge >= 0.3 is 0 Å². The number of ether oxygens (including phenoxy) is 1. The first-order valence-corrected chi connectivity index (χ1v) is 18.3. The maximum atomic E-state index is 7.02. The molecule has 7 aromatic carbocycles. The van der Waals surface area contributed by atoms with Gasteiger partial charge in [0.2, 0.25) is 0 Å². The maximum Gasteiger partial charge on any atom is 0.159 e. The van der Waals surface area contributed by atoms with E-state index in [4.69, 9.17) is 14.7 Å². The smallest absolute Gasteiger partial charge is 0.159 e. The zero-order chi connectivity index (χ0) is 35.3. The number of hydrogen-bond acceptors (Lipinski definition) is 3. The van der Waals surface area contributed by atoms with Crippen LogP contribution in [0.5, 0.6) is 11.5 Å². The van der Waals surface area contributed by atoms with Gasteiger partial charge in [0, 0.05) is 40.1 Å². The van der Waals surface area contributed by atoms with Crippen LogP contribution in [0.2, 0.25) is 0 Å². The summed E-state index contributed by atoms with van der Waals surface area (Å²) in [6.07, 6.45) is 3.92. The van der Waals surface area contributed by atoms with Crippen molar-refractivity contribution < 1.29 is 4.74 Å². The van der Waals surface area contributed by atoms with E-state index in [1.165, 1.54) is 55.6 Å². The molecule has 2 heterocycles. The second-order valence-corrected chi connectivity index (χ2v) is 14.9.